The van der Waals surface area contributed by atoms with Gasteiger partial charge in [-0.25, -0.2) is 4.39 Å². The normalized spacial score (nSPS) is 10.6. The van der Waals surface area contributed by atoms with Crippen molar-refractivity contribution < 1.29 is 4.39 Å². The zero-order valence-electron chi connectivity index (χ0n) is 7.84. The average Bonchev–Trinajstić information content (AvgIpc) is 2.69. The molecule has 2 N–H and O–H groups in total. The van der Waals surface area contributed by atoms with Crippen molar-refractivity contribution in [1.29, 1.82) is 0 Å². The minimum atomic E-state index is -0.216. The summed E-state index contributed by atoms with van der Waals surface area (Å²) in [5, 5.41) is 1.93. The van der Waals surface area contributed by atoms with E-state index in [-0.39, 0.29) is 5.82 Å². The molecule has 4 heteroatoms. The highest BCUT2D eigenvalue weighted by molar-refractivity contribution is 9.10. The molecule has 15 heavy (non-hydrogen) atoms. The highest BCUT2D eigenvalue weighted by Gasteiger charge is 2.10. The highest BCUT2D eigenvalue weighted by Crippen LogP contribution is 2.31. The van der Waals surface area contributed by atoms with Crippen LogP contribution in [-0.4, -0.2) is 0 Å². The van der Waals surface area contributed by atoms with E-state index in [0.717, 1.165) is 14.9 Å². The number of halogens is 2. The van der Waals surface area contributed by atoms with Gasteiger partial charge in [0, 0.05) is 21.5 Å². The number of benzene rings is 1. The number of nitrogens with two attached hydrogens (primary N) is 1. The molecular formula is C11H9BrFNS. The van der Waals surface area contributed by atoms with Gasteiger partial charge >= 0.3 is 0 Å². The van der Waals surface area contributed by atoms with Gasteiger partial charge in [-0.1, -0.05) is 15.9 Å². The van der Waals surface area contributed by atoms with E-state index in [1.165, 1.54) is 6.07 Å². The quantitative estimate of drug-likeness (QED) is 0.893. The highest BCUT2D eigenvalue weighted by atomic mass is 79.9. The van der Waals surface area contributed by atoms with Crippen molar-refractivity contribution in [3.63, 3.8) is 0 Å². The van der Waals surface area contributed by atoms with Gasteiger partial charge in [0.05, 0.1) is 0 Å². The summed E-state index contributed by atoms with van der Waals surface area (Å²) in [7, 11) is 0. The molecule has 0 radical (unpaired) electrons. The van der Waals surface area contributed by atoms with Crippen LogP contribution >= 0.6 is 27.3 Å². The van der Waals surface area contributed by atoms with E-state index in [0.29, 0.717) is 12.1 Å². The smallest absolute Gasteiger partial charge is 0.131 e. The predicted molar refractivity (Wildman–Crippen MR) is 65.3 cm³/mol. The lowest BCUT2D eigenvalue weighted by molar-refractivity contribution is 0.631. The Kier molecular flexibility index (Phi) is 3.19. The molecule has 0 amide bonds. The van der Waals surface area contributed by atoms with Gasteiger partial charge in [-0.2, -0.15) is 0 Å². The van der Waals surface area contributed by atoms with Gasteiger partial charge in [-0.05, 0) is 35.2 Å². The van der Waals surface area contributed by atoms with Gasteiger partial charge in [-0.15, -0.1) is 11.3 Å². The second-order valence-electron chi connectivity index (χ2n) is 3.09. The van der Waals surface area contributed by atoms with Crippen LogP contribution in [0.2, 0.25) is 0 Å². The third kappa shape index (κ3) is 2.12. The topological polar surface area (TPSA) is 26.0 Å². The van der Waals surface area contributed by atoms with Crippen LogP contribution in [-0.2, 0) is 6.54 Å². The fourth-order valence-corrected chi connectivity index (χ4v) is 2.57. The lowest BCUT2D eigenvalue weighted by atomic mass is 10.1. The first-order valence-electron chi connectivity index (χ1n) is 4.44. The van der Waals surface area contributed by atoms with Gasteiger partial charge in [0.25, 0.3) is 0 Å². The third-order valence-electron chi connectivity index (χ3n) is 2.15. The second kappa shape index (κ2) is 4.43. The largest absolute Gasteiger partial charge is 0.326 e. The molecule has 0 saturated carbocycles. The Labute approximate surface area is 99.9 Å². The maximum Gasteiger partial charge on any atom is 0.131 e. The molecule has 0 unspecified atom stereocenters. The zero-order chi connectivity index (χ0) is 10.8. The fraction of sp³-hybridized carbons (Fsp3) is 0.0909. The van der Waals surface area contributed by atoms with Gasteiger partial charge < -0.3 is 5.73 Å². The van der Waals surface area contributed by atoms with Crippen molar-refractivity contribution >= 4 is 27.3 Å². The van der Waals surface area contributed by atoms with E-state index in [4.69, 9.17) is 5.73 Å². The van der Waals surface area contributed by atoms with Crippen LogP contribution in [0.15, 0.2) is 34.1 Å². The van der Waals surface area contributed by atoms with E-state index < -0.39 is 0 Å². The first-order valence-corrected chi connectivity index (χ1v) is 6.11. The zero-order valence-corrected chi connectivity index (χ0v) is 10.2. The van der Waals surface area contributed by atoms with Gasteiger partial charge in [0.2, 0.25) is 0 Å². The summed E-state index contributed by atoms with van der Waals surface area (Å²) in [6.07, 6.45) is 0. The van der Waals surface area contributed by atoms with E-state index in [9.17, 15) is 4.39 Å². The van der Waals surface area contributed by atoms with E-state index in [1.54, 1.807) is 23.5 Å². The SMILES string of the molecule is NCc1sccc1-c1cc(Br)ccc1F. The molecule has 2 aromatic rings. The Hall–Kier alpha value is -0.710. The summed E-state index contributed by atoms with van der Waals surface area (Å²) in [6.45, 7) is 0.443. The van der Waals surface area contributed by atoms with Crippen LogP contribution < -0.4 is 5.73 Å². The van der Waals surface area contributed by atoms with Crippen molar-refractivity contribution in [3.05, 3.63) is 44.8 Å². The molecule has 2 rings (SSSR count). The monoisotopic (exact) mass is 285 g/mol. The molecule has 0 aliphatic rings. The lowest BCUT2D eigenvalue weighted by Gasteiger charge is -2.04. The summed E-state index contributed by atoms with van der Waals surface area (Å²) in [6, 6.07) is 6.82. The fourth-order valence-electron chi connectivity index (χ4n) is 1.44. The summed E-state index contributed by atoms with van der Waals surface area (Å²) in [5.74, 6) is -0.216. The molecule has 1 aromatic heterocycles. The first kappa shape index (κ1) is 10.8. The van der Waals surface area contributed by atoms with Crippen LogP contribution in [0.5, 0.6) is 0 Å². The van der Waals surface area contributed by atoms with Gasteiger partial charge in [0.1, 0.15) is 5.82 Å². The standard InChI is InChI=1S/C11H9BrFNS/c12-7-1-2-10(13)9(5-7)8-3-4-15-11(8)6-14/h1-5H,6,14H2. The molecule has 1 aromatic carbocycles. The van der Waals surface area contributed by atoms with E-state index in [2.05, 4.69) is 15.9 Å². The second-order valence-corrected chi connectivity index (χ2v) is 5.00. The molecular weight excluding hydrogens is 277 g/mol. The van der Waals surface area contributed by atoms with Crippen LogP contribution in [0.25, 0.3) is 11.1 Å². The van der Waals surface area contributed by atoms with Gasteiger partial charge in [-0.3, -0.25) is 0 Å². The van der Waals surface area contributed by atoms with E-state index >= 15 is 0 Å². The maximum atomic E-state index is 13.6. The minimum absolute atomic E-state index is 0.216. The van der Waals surface area contributed by atoms with Crippen LogP contribution in [0.3, 0.4) is 0 Å². The van der Waals surface area contributed by atoms with Crippen LogP contribution in [0.1, 0.15) is 4.88 Å². The van der Waals surface area contributed by atoms with Crippen LogP contribution in [0.4, 0.5) is 4.39 Å². The number of hydrogen-bond acceptors (Lipinski definition) is 2. The molecule has 1 heterocycles. The van der Waals surface area contributed by atoms with Crippen molar-refractivity contribution in [3.8, 4) is 11.1 Å². The van der Waals surface area contributed by atoms with Crippen molar-refractivity contribution in [1.82, 2.24) is 0 Å². The average molecular weight is 286 g/mol. The van der Waals surface area contributed by atoms with Crippen molar-refractivity contribution in [2.24, 2.45) is 5.73 Å². The maximum absolute atomic E-state index is 13.6. The molecule has 0 aliphatic carbocycles. The summed E-state index contributed by atoms with van der Waals surface area (Å²) >= 11 is 4.89. The summed E-state index contributed by atoms with van der Waals surface area (Å²) < 4.78 is 14.5. The lowest BCUT2D eigenvalue weighted by Crippen LogP contribution is -1.95. The van der Waals surface area contributed by atoms with Crippen molar-refractivity contribution in [2.45, 2.75) is 6.54 Å². The van der Waals surface area contributed by atoms with Gasteiger partial charge in [0.15, 0.2) is 0 Å². The Bertz CT molecular complexity index is 481. The molecule has 78 valence electrons. The molecule has 0 saturated heterocycles. The van der Waals surface area contributed by atoms with Crippen molar-refractivity contribution in [2.75, 3.05) is 0 Å². The number of hydrogen-bond donors (Lipinski definition) is 1. The summed E-state index contributed by atoms with van der Waals surface area (Å²) in [4.78, 5) is 1.01. The Morgan fingerprint density at radius 2 is 2.07 bits per heavy atom. The predicted octanol–water partition coefficient (Wildman–Crippen LogP) is 3.78. The minimum Gasteiger partial charge on any atom is -0.326 e. The van der Waals surface area contributed by atoms with E-state index in [1.807, 2.05) is 11.4 Å². The Morgan fingerprint density at radius 3 is 2.80 bits per heavy atom. The molecule has 0 bridgehead atoms. The first-order chi connectivity index (χ1) is 7.22. The molecule has 0 spiro atoms. The molecule has 1 nitrogen and oxygen atoms in total. The third-order valence-corrected chi connectivity index (χ3v) is 3.59. The van der Waals surface area contributed by atoms with Crippen LogP contribution in [0, 0.1) is 5.82 Å². The molecule has 0 atom stereocenters. The molecule has 0 aliphatic heterocycles. The number of rotatable bonds is 2. The Morgan fingerprint density at radius 1 is 1.27 bits per heavy atom. The number of thiophene rings is 1. The molecule has 0 fully saturated rings. The Balaban J connectivity index is 2.58. The summed E-state index contributed by atoms with van der Waals surface area (Å²) in [5.41, 5.74) is 7.09.